The standard InChI is InChI=1S/C27H29N3O3/c1-30(2)11-5-8-26(31)29-20-9-10-22-19(12-20)16-24-23(22)14-18(15-25(24)27(28)32)17-6-4-7-21(13-17)33-3/h4,6-7,9-10,12-15H,5,8,11,16H2,1-3H3,(H2,28,32)(H,29,31). The van der Waals surface area contributed by atoms with Gasteiger partial charge in [0.2, 0.25) is 11.8 Å². The lowest BCUT2D eigenvalue weighted by atomic mass is 9.94. The van der Waals surface area contributed by atoms with Gasteiger partial charge in [-0.15, -0.1) is 0 Å². The summed E-state index contributed by atoms with van der Waals surface area (Å²) in [6.07, 6.45) is 1.89. The van der Waals surface area contributed by atoms with E-state index in [1.807, 2.05) is 62.6 Å². The number of ether oxygens (including phenoxy) is 1. The molecule has 1 aliphatic rings. The summed E-state index contributed by atoms with van der Waals surface area (Å²) in [6.45, 7) is 0.873. The summed E-state index contributed by atoms with van der Waals surface area (Å²) in [5, 5.41) is 3.00. The predicted molar refractivity (Wildman–Crippen MR) is 132 cm³/mol. The zero-order chi connectivity index (χ0) is 23.5. The number of amides is 2. The molecule has 0 radical (unpaired) electrons. The molecule has 0 aliphatic heterocycles. The molecule has 0 spiro atoms. The fraction of sp³-hybridized carbons (Fsp3) is 0.259. The monoisotopic (exact) mass is 443 g/mol. The van der Waals surface area contributed by atoms with Crippen LogP contribution in [-0.2, 0) is 11.2 Å². The third-order valence-electron chi connectivity index (χ3n) is 5.97. The number of carbonyl (C=O) groups is 2. The van der Waals surface area contributed by atoms with Crippen LogP contribution in [0.1, 0.15) is 34.3 Å². The minimum absolute atomic E-state index is 0.00504. The third kappa shape index (κ3) is 4.91. The van der Waals surface area contributed by atoms with E-state index in [1.54, 1.807) is 7.11 Å². The number of nitrogens with two attached hydrogens (primary N) is 1. The SMILES string of the molecule is COc1cccc(-c2cc(C(N)=O)c3c(c2)-c2ccc(NC(=O)CCCN(C)C)cc2C3)c1. The van der Waals surface area contributed by atoms with Gasteiger partial charge in [-0.3, -0.25) is 9.59 Å². The highest BCUT2D eigenvalue weighted by molar-refractivity contribution is 6.00. The summed E-state index contributed by atoms with van der Waals surface area (Å²) in [7, 11) is 5.62. The summed E-state index contributed by atoms with van der Waals surface area (Å²) < 4.78 is 5.36. The number of benzene rings is 3. The van der Waals surface area contributed by atoms with Gasteiger partial charge in [0.1, 0.15) is 5.75 Å². The smallest absolute Gasteiger partial charge is 0.249 e. The summed E-state index contributed by atoms with van der Waals surface area (Å²) in [4.78, 5) is 26.7. The molecule has 0 atom stereocenters. The van der Waals surface area contributed by atoms with E-state index in [1.165, 1.54) is 0 Å². The first-order valence-electron chi connectivity index (χ1n) is 11.0. The molecule has 6 heteroatoms. The van der Waals surface area contributed by atoms with Crippen LogP contribution in [0.4, 0.5) is 5.69 Å². The average molecular weight is 444 g/mol. The Morgan fingerprint density at radius 2 is 1.85 bits per heavy atom. The molecular weight excluding hydrogens is 414 g/mol. The number of primary amides is 1. The molecule has 2 amide bonds. The van der Waals surface area contributed by atoms with Crippen LogP contribution < -0.4 is 15.8 Å². The number of fused-ring (bicyclic) bond motifs is 3. The van der Waals surface area contributed by atoms with Crippen molar-refractivity contribution in [3.05, 3.63) is 71.3 Å². The molecule has 1 aliphatic carbocycles. The summed E-state index contributed by atoms with van der Waals surface area (Å²) in [5.74, 6) is 0.309. The molecule has 0 aromatic heterocycles. The first kappa shape index (κ1) is 22.6. The molecule has 0 unspecified atom stereocenters. The van der Waals surface area contributed by atoms with E-state index in [9.17, 15) is 9.59 Å². The Morgan fingerprint density at radius 1 is 1.03 bits per heavy atom. The Labute approximate surface area is 194 Å². The van der Waals surface area contributed by atoms with Gasteiger partial charge in [-0.25, -0.2) is 0 Å². The molecule has 6 nitrogen and oxygen atoms in total. The van der Waals surface area contributed by atoms with Crippen LogP contribution in [0.5, 0.6) is 5.75 Å². The second-order valence-electron chi connectivity index (χ2n) is 8.65. The van der Waals surface area contributed by atoms with Crippen LogP contribution in [0.3, 0.4) is 0 Å². The zero-order valence-electron chi connectivity index (χ0n) is 19.3. The van der Waals surface area contributed by atoms with Crippen molar-refractivity contribution >= 4 is 17.5 Å². The number of anilines is 1. The van der Waals surface area contributed by atoms with Crippen molar-refractivity contribution in [1.29, 1.82) is 0 Å². The van der Waals surface area contributed by atoms with Gasteiger partial charge in [0.15, 0.2) is 0 Å². The number of hydrogen-bond donors (Lipinski definition) is 2. The molecule has 0 saturated heterocycles. The number of rotatable bonds is 8. The maximum atomic E-state index is 12.3. The van der Waals surface area contributed by atoms with Crippen molar-refractivity contribution in [1.82, 2.24) is 4.90 Å². The van der Waals surface area contributed by atoms with Crippen molar-refractivity contribution < 1.29 is 14.3 Å². The van der Waals surface area contributed by atoms with E-state index >= 15 is 0 Å². The quantitative estimate of drug-likeness (QED) is 0.425. The highest BCUT2D eigenvalue weighted by atomic mass is 16.5. The summed E-state index contributed by atoms with van der Waals surface area (Å²) in [5.41, 5.74) is 13.0. The minimum Gasteiger partial charge on any atom is -0.497 e. The lowest BCUT2D eigenvalue weighted by Gasteiger charge is -2.12. The fourth-order valence-electron chi connectivity index (χ4n) is 4.34. The molecule has 0 fully saturated rings. The maximum absolute atomic E-state index is 12.3. The van der Waals surface area contributed by atoms with Gasteiger partial charge in [-0.05, 0) is 103 Å². The Bertz CT molecular complexity index is 1220. The first-order chi connectivity index (χ1) is 15.9. The summed E-state index contributed by atoms with van der Waals surface area (Å²) >= 11 is 0. The van der Waals surface area contributed by atoms with Gasteiger partial charge in [-0.1, -0.05) is 18.2 Å². The highest BCUT2D eigenvalue weighted by Crippen LogP contribution is 2.42. The minimum atomic E-state index is -0.446. The Balaban J connectivity index is 1.64. The van der Waals surface area contributed by atoms with E-state index in [-0.39, 0.29) is 5.91 Å². The average Bonchev–Trinajstić information content (AvgIpc) is 3.15. The van der Waals surface area contributed by atoms with Crippen LogP contribution in [0.25, 0.3) is 22.3 Å². The van der Waals surface area contributed by atoms with E-state index < -0.39 is 5.91 Å². The van der Waals surface area contributed by atoms with Crippen molar-refractivity contribution in [2.24, 2.45) is 5.73 Å². The van der Waals surface area contributed by atoms with Gasteiger partial charge in [0.05, 0.1) is 7.11 Å². The Hall–Kier alpha value is -3.64. The van der Waals surface area contributed by atoms with E-state index in [0.29, 0.717) is 18.4 Å². The maximum Gasteiger partial charge on any atom is 0.249 e. The Morgan fingerprint density at radius 3 is 2.58 bits per heavy atom. The van der Waals surface area contributed by atoms with Crippen LogP contribution >= 0.6 is 0 Å². The topological polar surface area (TPSA) is 84.7 Å². The fourth-order valence-corrected chi connectivity index (χ4v) is 4.34. The lowest BCUT2D eigenvalue weighted by molar-refractivity contribution is -0.116. The molecule has 0 bridgehead atoms. The van der Waals surface area contributed by atoms with Crippen molar-refractivity contribution in [2.45, 2.75) is 19.3 Å². The lowest BCUT2D eigenvalue weighted by Crippen LogP contribution is -2.17. The zero-order valence-corrected chi connectivity index (χ0v) is 19.3. The molecule has 0 saturated carbocycles. The van der Waals surface area contributed by atoms with Gasteiger partial charge in [0.25, 0.3) is 0 Å². The van der Waals surface area contributed by atoms with E-state index in [0.717, 1.165) is 57.8 Å². The summed E-state index contributed by atoms with van der Waals surface area (Å²) in [6, 6.07) is 17.6. The first-order valence-corrected chi connectivity index (χ1v) is 11.0. The van der Waals surface area contributed by atoms with Crippen LogP contribution in [-0.4, -0.2) is 44.5 Å². The van der Waals surface area contributed by atoms with Crippen LogP contribution in [0, 0.1) is 0 Å². The molecule has 3 aromatic carbocycles. The second kappa shape index (κ2) is 9.46. The third-order valence-corrected chi connectivity index (χ3v) is 5.97. The number of methoxy groups -OCH3 is 1. The molecule has 33 heavy (non-hydrogen) atoms. The highest BCUT2D eigenvalue weighted by Gasteiger charge is 2.25. The second-order valence-corrected chi connectivity index (χ2v) is 8.65. The Kier molecular flexibility index (Phi) is 6.47. The molecule has 170 valence electrons. The van der Waals surface area contributed by atoms with Gasteiger partial charge >= 0.3 is 0 Å². The van der Waals surface area contributed by atoms with Gasteiger partial charge in [0, 0.05) is 17.7 Å². The normalized spacial score (nSPS) is 11.8. The van der Waals surface area contributed by atoms with Crippen molar-refractivity contribution in [3.8, 4) is 28.0 Å². The van der Waals surface area contributed by atoms with Gasteiger partial charge < -0.3 is 20.7 Å². The number of nitrogens with zero attached hydrogens (tertiary/aromatic N) is 1. The molecule has 0 heterocycles. The molecule has 4 rings (SSSR count). The van der Waals surface area contributed by atoms with E-state index in [2.05, 4.69) is 16.3 Å². The van der Waals surface area contributed by atoms with Crippen LogP contribution in [0.15, 0.2) is 54.6 Å². The largest absolute Gasteiger partial charge is 0.497 e. The predicted octanol–water partition coefficient (Wildman–Crippen LogP) is 4.31. The van der Waals surface area contributed by atoms with Gasteiger partial charge in [-0.2, -0.15) is 0 Å². The number of hydrogen-bond acceptors (Lipinski definition) is 4. The van der Waals surface area contributed by atoms with Crippen molar-refractivity contribution in [2.75, 3.05) is 33.1 Å². The number of carbonyl (C=O) groups excluding carboxylic acids is 2. The van der Waals surface area contributed by atoms with Crippen LogP contribution in [0.2, 0.25) is 0 Å². The molecule has 3 aromatic rings. The van der Waals surface area contributed by atoms with E-state index in [4.69, 9.17) is 10.5 Å². The molecular formula is C27H29N3O3. The number of nitrogens with one attached hydrogen (secondary N) is 1. The van der Waals surface area contributed by atoms with Crippen molar-refractivity contribution in [3.63, 3.8) is 0 Å². The molecule has 3 N–H and O–H groups in total.